The van der Waals surface area contributed by atoms with Gasteiger partial charge in [-0.1, -0.05) is 29.5 Å². The number of hydrogen-bond acceptors (Lipinski definition) is 6. The standard InChI is InChI=1S/C14H13N3O3S/c1-8-12(9(2)18)21-14(16-8)17-15-7-10-5-3-4-6-11(10)13(19)20/h3-7H,1-2H3,(H,16,17)(H,19,20)/b15-7+. The third kappa shape index (κ3) is 3.51. The van der Waals surface area contributed by atoms with Crippen LogP contribution in [0.15, 0.2) is 29.4 Å². The zero-order valence-corrected chi connectivity index (χ0v) is 12.3. The summed E-state index contributed by atoms with van der Waals surface area (Å²) in [5.74, 6) is -1.06. The van der Waals surface area contributed by atoms with Gasteiger partial charge in [0.05, 0.1) is 22.3 Å². The van der Waals surface area contributed by atoms with Gasteiger partial charge < -0.3 is 5.11 Å². The van der Waals surface area contributed by atoms with Crippen molar-refractivity contribution in [3.8, 4) is 0 Å². The summed E-state index contributed by atoms with van der Waals surface area (Å²) < 4.78 is 0. The van der Waals surface area contributed by atoms with Crippen LogP contribution in [0.25, 0.3) is 0 Å². The third-order valence-electron chi connectivity index (χ3n) is 2.67. The number of rotatable bonds is 5. The van der Waals surface area contributed by atoms with Crippen molar-refractivity contribution in [2.24, 2.45) is 5.10 Å². The van der Waals surface area contributed by atoms with Gasteiger partial charge >= 0.3 is 5.97 Å². The molecule has 0 radical (unpaired) electrons. The van der Waals surface area contributed by atoms with Gasteiger partial charge in [-0.15, -0.1) is 0 Å². The molecule has 2 N–H and O–H groups in total. The number of Topliss-reactive ketones (excluding diaryl/α,β-unsaturated/α-hetero) is 1. The molecular formula is C14H13N3O3S. The Kier molecular flexibility index (Phi) is 4.44. The molecule has 0 aliphatic rings. The lowest BCUT2D eigenvalue weighted by Gasteiger charge is -1.99. The average Bonchev–Trinajstić information content (AvgIpc) is 2.80. The van der Waals surface area contributed by atoms with E-state index in [0.717, 1.165) is 0 Å². The zero-order valence-electron chi connectivity index (χ0n) is 11.5. The predicted molar refractivity (Wildman–Crippen MR) is 81.5 cm³/mol. The van der Waals surface area contributed by atoms with Crippen molar-refractivity contribution in [3.63, 3.8) is 0 Å². The van der Waals surface area contributed by atoms with E-state index in [4.69, 9.17) is 5.11 Å². The van der Waals surface area contributed by atoms with Crippen LogP contribution in [0.2, 0.25) is 0 Å². The molecule has 21 heavy (non-hydrogen) atoms. The second kappa shape index (κ2) is 6.27. The Bertz CT molecular complexity index is 722. The fourth-order valence-corrected chi connectivity index (χ4v) is 2.54. The molecule has 0 amide bonds. The van der Waals surface area contributed by atoms with Gasteiger partial charge in [-0.25, -0.2) is 9.78 Å². The number of aromatic nitrogens is 1. The van der Waals surface area contributed by atoms with Crippen LogP contribution in [0, 0.1) is 6.92 Å². The summed E-state index contributed by atoms with van der Waals surface area (Å²) in [5.41, 5.74) is 4.01. The minimum absolute atomic E-state index is 0.0433. The maximum Gasteiger partial charge on any atom is 0.336 e. The fraction of sp³-hybridized carbons (Fsp3) is 0.143. The van der Waals surface area contributed by atoms with Crippen molar-refractivity contribution in [1.29, 1.82) is 0 Å². The molecule has 0 fully saturated rings. The normalized spacial score (nSPS) is 10.8. The Morgan fingerprint density at radius 1 is 1.38 bits per heavy atom. The zero-order chi connectivity index (χ0) is 15.4. The minimum Gasteiger partial charge on any atom is -0.478 e. The van der Waals surface area contributed by atoms with Crippen LogP contribution >= 0.6 is 11.3 Å². The number of carboxylic acid groups (broad SMARTS) is 1. The van der Waals surface area contributed by atoms with Crippen molar-refractivity contribution in [2.75, 3.05) is 5.43 Å². The molecule has 0 saturated heterocycles. The molecule has 1 heterocycles. The van der Waals surface area contributed by atoms with Gasteiger partial charge in [0.15, 0.2) is 5.78 Å². The van der Waals surface area contributed by atoms with Crippen LogP contribution in [0.5, 0.6) is 0 Å². The summed E-state index contributed by atoms with van der Waals surface area (Å²) in [5, 5.41) is 13.5. The first kappa shape index (κ1) is 14.9. The molecule has 108 valence electrons. The lowest BCUT2D eigenvalue weighted by atomic mass is 10.1. The highest BCUT2D eigenvalue weighted by Gasteiger charge is 2.11. The Hall–Kier alpha value is -2.54. The van der Waals surface area contributed by atoms with E-state index < -0.39 is 5.97 Å². The first-order valence-electron chi connectivity index (χ1n) is 6.09. The van der Waals surface area contributed by atoms with Crippen molar-refractivity contribution in [2.45, 2.75) is 13.8 Å². The molecule has 1 aromatic carbocycles. The molecular weight excluding hydrogens is 290 g/mol. The van der Waals surface area contributed by atoms with Gasteiger partial charge in [0.25, 0.3) is 0 Å². The van der Waals surface area contributed by atoms with Gasteiger partial charge in [0.2, 0.25) is 5.13 Å². The number of nitrogens with one attached hydrogen (secondary N) is 1. The molecule has 6 nitrogen and oxygen atoms in total. The van der Waals surface area contributed by atoms with Crippen molar-refractivity contribution >= 4 is 34.4 Å². The second-order valence-electron chi connectivity index (χ2n) is 4.25. The van der Waals surface area contributed by atoms with Gasteiger partial charge in [-0.2, -0.15) is 5.10 Å². The molecule has 0 saturated carbocycles. The summed E-state index contributed by atoms with van der Waals surface area (Å²) >= 11 is 1.21. The van der Waals surface area contributed by atoms with E-state index in [2.05, 4.69) is 15.5 Å². The monoisotopic (exact) mass is 303 g/mol. The van der Waals surface area contributed by atoms with Crippen LogP contribution in [0.3, 0.4) is 0 Å². The Balaban J connectivity index is 2.15. The summed E-state index contributed by atoms with van der Waals surface area (Å²) in [7, 11) is 0. The summed E-state index contributed by atoms with van der Waals surface area (Å²) in [6, 6.07) is 6.54. The number of carbonyl (C=O) groups is 2. The van der Waals surface area contributed by atoms with Gasteiger partial charge in [0, 0.05) is 12.5 Å². The van der Waals surface area contributed by atoms with Gasteiger partial charge in [-0.05, 0) is 13.0 Å². The maximum absolute atomic E-state index is 11.3. The molecule has 0 atom stereocenters. The number of thiazole rings is 1. The van der Waals surface area contributed by atoms with E-state index >= 15 is 0 Å². The molecule has 0 aliphatic carbocycles. The molecule has 2 aromatic rings. The topological polar surface area (TPSA) is 91.7 Å². The summed E-state index contributed by atoms with van der Waals surface area (Å²) in [6.07, 6.45) is 1.41. The number of hydrazone groups is 1. The number of aryl methyl sites for hydroxylation is 1. The Morgan fingerprint density at radius 2 is 2.10 bits per heavy atom. The number of anilines is 1. The first-order valence-corrected chi connectivity index (χ1v) is 6.90. The molecule has 0 unspecified atom stereocenters. The molecule has 1 aromatic heterocycles. The quantitative estimate of drug-likeness (QED) is 0.503. The van der Waals surface area contributed by atoms with Crippen LogP contribution in [0.1, 0.15) is 38.2 Å². The van der Waals surface area contributed by atoms with E-state index in [1.807, 2.05) is 0 Å². The van der Waals surface area contributed by atoms with Gasteiger partial charge in [-0.3, -0.25) is 10.2 Å². The van der Waals surface area contributed by atoms with E-state index in [0.29, 0.717) is 21.3 Å². The number of ketones is 1. The molecule has 7 heteroatoms. The highest BCUT2D eigenvalue weighted by atomic mass is 32.1. The Morgan fingerprint density at radius 3 is 2.71 bits per heavy atom. The maximum atomic E-state index is 11.3. The van der Waals surface area contributed by atoms with Crippen LogP contribution in [-0.2, 0) is 0 Å². The highest BCUT2D eigenvalue weighted by molar-refractivity contribution is 7.17. The minimum atomic E-state index is -1.01. The van der Waals surface area contributed by atoms with E-state index in [1.54, 1.807) is 25.1 Å². The first-order chi connectivity index (χ1) is 9.99. The lowest BCUT2D eigenvalue weighted by Crippen LogP contribution is -2.02. The average molecular weight is 303 g/mol. The molecule has 2 rings (SSSR count). The number of hydrogen-bond donors (Lipinski definition) is 2. The number of carbonyl (C=O) groups excluding carboxylic acids is 1. The molecule has 0 bridgehead atoms. The highest BCUT2D eigenvalue weighted by Crippen LogP contribution is 2.22. The number of benzene rings is 1. The summed E-state index contributed by atoms with van der Waals surface area (Å²) in [6.45, 7) is 3.23. The molecule has 0 aliphatic heterocycles. The van der Waals surface area contributed by atoms with E-state index in [9.17, 15) is 9.59 Å². The summed E-state index contributed by atoms with van der Waals surface area (Å²) in [4.78, 5) is 27.1. The largest absolute Gasteiger partial charge is 0.478 e. The third-order valence-corrected chi connectivity index (χ3v) is 3.83. The smallest absolute Gasteiger partial charge is 0.336 e. The van der Waals surface area contributed by atoms with Crippen molar-refractivity contribution in [3.05, 3.63) is 46.0 Å². The fourth-order valence-electron chi connectivity index (χ4n) is 1.73. The van der Waals surface area contributed by atoms with Crippen LogP contribution in [-0.4, -0.2) is 28.1 Å². The van der Waals surface area contributed by atoms with Crippen LogP contribution in [0.4, 0.5) is 5.13 Å². The van der Waals surface area contributed by atoms with E-state index in [-0.39, 0.29) is 11.3 Å². The Labute approximate surface area is 125 Å². The number of carboxylic acids is 1. The SMILES string of the molecule is CC(=O)c1sc(N/N=C/c2ccccc2C(=O)O)nc1C. The lowest BCUT2D eigenvalue weighted by molar-refractivity contribution is 0.0696. The second-order valence-corrected chi connectivity index (χ2v) is 5.25. The van der Waals surface area contributed by atoms with E-state index in [1.165, 1.54) is 30.5 Å². The molecule has 0 spiro atoms. The van der Waals surface area contributed by atoms with Crippen molar-refractivity contribution in [1.82, 2.24) is 4.98 Å². The number of aromatic carboxylic acids is 1. The van der Waals surface area contributed by atoms with Crippen LogP contribution < -0.4 is 5.43 Å². The van der Waals surface area contributed by atoms with Crippen molar-refractivity contribution < 1.29 is 14.7 Å². The predicted octanol–water partition coefficient (Wildman–Crippen LogP) is 2.80. The number of nitrogens with zero attached hydrogens (tertiary/aromatic N) is 2. The van der Waals surface area contributed by atoms with Gasteiger partial charge in [0.1, 0.15) is 0 Å².